The minimum absolute atomic E-state index is 0.234. The third-order valence-corrected chi connectivity index (χ3v) is 1.94. The minimum atomic E-state index is -0.992. The number of aliphatic carboxylic acids is 1. The van der Waals surface area contributed by atoms with Crippen LogP contribution in [0.4, 0.5) is 0 Å². The van der Waals surface area contributed by atoms with Gasteiger partial charge in [0.2, 0.25) is 0 Å². The van der Waals surface area contributed by atoms with Crippen LogP contribution in [-0.2, 0) is 11.3 Å². The maximum absolute atomic E-state index is 10.3. The fraction of sp³-hybridized carbons (Fsp3) is 0.500. The molecule has 1 heterocycles. The van der Waals surface area contributed by atoms with Gasteiger partial charge < -0.3 is 14.6 Å². The molecule has 5 heteroatoms. The summed E-state index contributed by atoms with van der Waals surface area (Å²) >= 11 is 0. The highest BCUT2D eigenvalue weighted by Gasteiger charge is 2.12. The average molecular weight is 213 g/mol. The molecule has 0 spiro atoms. The van der Waals surface area contributed by atoms with E-state index in [-0.39, 0.29) is 6.42 Å². The molecule has 0 aromatic carbocycles. The zero-order chi connectivity index (χ0) is 11.3. The normalized spacial score (nSPS) is 13.0. The molecule has 2 N–H and O–H groups in total. The van der Waals surface area contributed by atoms with Crippen molar-refractivity contribution in [2.45, 2.75) is 19.1 Å². The van der Waals surface area contributed by atoms with Gasteiger partial charge >= 0.3 is 5.97 Å². The quantitative estimate of drug-likeness (QED) is 0.721. The van der Waals surface area contributed by atoms with E-state index in [1.807, 2.05) is 11.0 Å². The second-order valence-corrected chi connectivity index (χ2v) is 3.53. The molecule has 1 aromatic heterocycles. The summed E-state index contributed by atoms with van der Waals surface area (Å²) in [7, 11) is 1.80. The third-order valence-electron chi connectivity index (χ3n) is 1.94. The smallest absolute Gasteiger partial charge is 0.306 e. The number of likely N-dealkylation sites (N-methyl/N-ethyl adjacent to an activating group) is 1. The second kappa shape index (κ2) is 5.53. The van der Waals surface area contributed by atoms with Crippen molar-refractivity contribution < 1.29 is 19.4 Å². The highest BCUT2D eigenvalue weighted by molar-refractivity contribution is 5.67. The summed E-state index contributed by atoms with van der Waals surface area (Å²) < 4.78 is 5.13. The van der Waals surface area contributed by atoms with Crippen LogP contribution in [-0.4, -0.2) is 40.8 Å². The molecular weight excluding hydrogens is 198 g/mol. The lowest BCUT2D eigenvalue weighted by Gasteiger charge is -2.18. The van der Waals surface area contributed by atoms with Gasteiger partial charge in [-0.2, -0.15) is 0 Å². The van der Waals surface area contributed by atoms with Gasteiger partial charge in [0.1, 0.15) is 5.76 Å². The van der Waals surface area contributed by atoms with Crippen LogP contribution in [0.15, 0.2) is 22.8 Å². The number of carboxylic acid groups (broad SMARTS) is 1. The Morgan fingerprint density at radius 2 is 2.40 bits per heavy atom. The molecular formula is C10H15NO4. The van der Waals surface area contributed by atoms with Gasteiger partial charge in [-0.25, -0.2) is 0 Å². The van der Waals surface area contributed by atoms with Gasteiger partial charge in [0.15, 0.2) is 0 Å². The number of rotatable bonds is 6. The maximum atomic E-state index is 10.3. The van der Waals surface area contributed by atoms with Crippen LogP contribution in [0, 0.1) is 0 Å². The molecule has 15 heavy (non-hydrogen) atoms. The van der Waals surface area contributed by atoms with Crippen LogP contribution in [0.2, 0.25) is 0 Å². The van der Waals surface area contributed by atoms with Crippen LogP contribution >= 0.6 is 0 Å². The van der Waals surface area contributed by atoms with E-state index >= 15 is 0 Å². The molecule has 1 unspecified atom stereocenters. The van der Waals surface area contributed by atoms with Crippen LogP contribution in [0.5, 0.6) is 0 Å². The van der Waals surface area contributed by atoms with E-state index in [1.54, 1.807) is 19.4 Å². The standard InChI is InChI=1S/C10H15NO4/c1-11(6-8(12)5-10(13)14)7-9-3-2-4-15-9/h2-4,8,12H,5-7H2,1H3,(H,13,14). The Morgan fingerprint density at radius 1 is 1.67 bits per heavy atom. The molecule has 0 amide bonds. The van der Waals surface area contributed by atoms with E-state index in [0.29, 0.717) is 13.1 Å². The summed E-state index contributed by atoms with van der Waals surface area (Å²) in [4.78, 5) is 12.1. The van der Waals surface area contributed by atoms with Crippen molar-refractivity contribution in [3.8, 4) is 0 Å². The van der Waals surface area contributed by atoms with Crippen molar-refractivity contribution in [1.29, 1.82) is 0 Å². The first kappa shape index (κ1) is 11.7. The molecule has 0 aliphatic heterocycles. The Hall–Kier alpha value is -1.33. The van der Waals surface area contributed by atoms with Gasteiger partial charge in [-0.05, 0) is 19.2 Å². The molecule has 0 aliphatic rings. The summed E-state index contributed by atoms with van der Waals surface area (Å²) in [5.74, 6) is -0.200. The molecule has 84 valence electrons. The molecule has 0 fully saturated rings. The lowest BCUT2D eigenvalue weighted by Crippen LogP contribution is -2.30. The van der Waals surface area contributed by atoms with E-state index in [0.717, 1.165) is 5.76 Å². The average Bonchev–Trinajstić information content (AvgIpc) is 2.53. The number of carbonyl (C=O) groups is 1. The van der Waals surface area contributed by atoms with Crippen molar-refractivity contribution in [2.75, 3.05) is 13.6 Å². The Labute approximate surface area is 87.9 Å². The molecule has 0 saturated carbocycles. The number of carboxylic acids is 1. The number of nitrogens with zero attached hydrogens (tertiary/aromatic N) is 1. The summed E-state index contributed by atoms with van der Waals surface area (Å²) in [5.41, 5.74) is 0. The van der Waals surface area contributed by atoms with Crippen LogP contribution < -0.4 is 0 Å². The van der Waals surface area contributed by atoms with E-state index in [9.17, 15) is 9.90 Å². The summed E-state index contributed by atoms with van der Waals surface area (Å²) in [6.07, 6.45) is 0.502. The SMILES string of the molecule is CN(Cc1ccco1)CC(O)CC(=O)O. The predicted molar refractivity (Wildman–Crippen MR) is 53.3 cm³/mol. The molecule has 1 rings (SSSR count). The Bertz CT molecular complexity index is 296. The third kappa shape index (κ3) is 4.62. The molecule has 0 aliphatic carbocycles. The summed E-state index contributed by atoms with van der Waals surface area (Å²) in [5, 5.41) is 17.8. The monoisotopic (exact) mass is 213 g/mol. The first-order valence-electron chi connectivity index (χ1n) is 4.68. The van der Waals surface area contributed by atoms with Gasteiger partial charge in [0, 0.05) is 6.54 Å². The second-order valence-electron chi connectivity index (χ2n) is 3.53. The Kier molecular flexibility index (Phi) is 4.33. The van der Waals surface area contributed by atoms with Crippen LogP contribution in [0.25, 0.3) is 0 Å². The topological polar surface area (TPSA) is 73.9 Å². The maximum Gasteiger partial charge on any atom is 0.306 e. The number of furan rings is 1. The highest BCUT2D eigenvalue weighted by Crippen LogP contribution is 2.05. The van der Waals surface area contributed by atoms with E-state index < -0.39 is 12.1 Å². The molecule has 1 atom stereocenters. The number of hydrogen-bond acceptors (Lipinski definition) is 4. The Balaban J connectivity index is 2.29. The largest absolute Gasteiger partial charge is 0.481 e. The summed E-state index contributed by atoms with van der Waals surface area (Å²) in [6, 6.07) is 3.62. The molecule has 0 saturated heterocycles. The fourth-order valence-electron chi connectivity index (χ4n) is 1.36. The van der Waals surface area contributed by atoms with E-state index in [1.165, 1.54) is 0 Å². The molecule has 1 aromatic rings. The lowest BCUT2D eigenvalue weighted by molar-refractivity contribution is -0.139. The van der Waals surface area contributed by atoms with E-state index in [2.05, 4.69) is 0 Å². The minimum Gasteiger partial charge on any atom is -0.481 e. The molecule has 5 nitrogen and oxygen atoms in total. The van der Waals surface area contributed by atoms with Crippen LogP contribution in [0.1, 0.15) is 12.2 Å². The van der Waals surface area contributed by atoms with E-state index in [4.69, 9.17) is 9.52 Å². The predicted octanol–water partition coefficient (Wildman–Crippen LogP) is 0.547. The summed E-state index contributed by atoms with van der Waals surface area (Å²) in [6.45, 7) is 0.872. The number of aliphatic hydroxyl groups excluding tert-OH is 1. The molecule has 0 bridgehead atoms. The Morgan fingerprint density at radius 3 is 2.93 bits per heavy atom. The zero-order valence-electron chi connectivity index (χ0n) is 8.59. The van der Waals surface area contributed by atoms with Gasteiger partial charge in [-0.15, -0.1) is 0 Å². The van der Waals surface area contributed by atoms with Crippen molar-refractivity contribution in [1.82, 2.24) is 4.90 Å². The lowest BCUT2D eigenvalue weighted by atomic mass is 10.2. The van der Waals surface area contributed by atoms with Crippen molar-refractivity contribution in [2.24, 2.45) is 0 Å². The fourth-order valence-corrected chi connectivity index (χ4v) is 1.36. The van der Waals surface area contributed by atoms with Crippen molar-refractivity contribution in [3.05, 3.63) is 24.2 Å². The highest BCUT2D eigenvalue weighted by atomic mass is 16.4. The van der Waals surface area contributed by atoms with Gasteiger partial charge in [0.25, 0.3) is 0 Å². The van der Waals surface area contributed by atoms with Gasteiger partial charge in [0.05, 0.1) is 25.3 Å². The first-order chi connectivity index (χ1) is 7.08. The van der Waals surface area contributed by atoms with Gasteiger partial charge in [-0.3, -0.25) is 9.69 Å². The first-order valence-corrected chi connectivity index (χ1v) is 4.68. The van der Waals surface area contributed by atoms with Crippen LogP contribution in [0.3, 0.4) is 0 Å². The molecule has 0 radical (unpaired) electrons. The van der Waals surface area contributed by atoms with Crippen molar-refractivity contribution >= 4 is 5.97 Å². The number of hydrogen-bond donors (Lipinski definition) is 2. The number of aliphatic hydroxyl groups is 1. The van der Waals surface area contributed by atoms with Crippen molar-refractivity contribution in [3.63, 3.8) is 0 Å². The zero-order valence-corrected chi connectivity index (χ0v) is 8.59. The van der Waals surface area contributed by atoms with Gasteiger partial charge in [-0.1, -0.05) is 0 Å².